The number of nitrogens with one attached hydrogen (secondary N) is 1. The Labute approximate surface area is 118 Å². The summed E-state index contributed by atoms with van der Waals surface area (Å²) in [5, 5.41) is -0.140. The second-order valence-electron chi connectivity index (χ2n) is 4.74. The Bertz CT molecular complexity index is 561. The SMILES string of the molecule is CC(C)C(C)NS(=O)(=O)c1cc(F)c(Cl)c(CN)c1. The highest BCUT2D eigenvalue weighted by atomic mass is 35.5. The number of hydrogen-bond donors (Lipinski definition) is 2. The van der Waals surface area contributed by atoms with Gasteiger partial charge in [-0.2, -0.15) is 0 Å². The quantitative estimate of drug-likeness (QED) is 0.876. The lowest BCUT2D eigenvalue weighted by Crippen LogP contribution is -2.36. The number of hydrogen-bond acceptors (Lipinski definition) is 3. The minimum Gasteiger partial charge on any atom is -0.326 e. The molecular formula is C12H18ClFN2O2S. The fraction of sp³-hybridized carbons (Fsp3) is 0.500. The normalized spacial score (nSPS) is 13.8. The molecule has 7 heteroatoms. The molecule has 0 aliphatic heterocycles. The van der Waals surface area contributed by atoms with E-state index in [2.05, 4.69) is 4.72 Å². The van der Waals surface area contributed by atoms with E-state index in [9.17, 15) is 12.8 Å². The highest BCUT2D eigenvalue weighted by Gasteiger charge is 2.21. The van der Waals surface area contributed by atoms with Crippen molar-refractivity contribution in [1.29, 1.82) is 0 Å². The Hall–Kier alpha value is -0.690. The molecule has 4 nitrogen and oxygen atoms in total. The Morgan fingerprint density at radius 2 is 1.95 bits per heavy atom. The van der Waals surface area contributed by atoms with Gasteiger partial charge in [0.15, 0.2) is 0 Å². The summed E-state index contributed by atoms with van der Waals surface area (Å²) in [5.41, 5.74) is 5.68. The molecule has 1 aromatic rings. The molecule has 108 valence electrons. The topological polar surface area (TPSA) is 72.2 Å². The van der Waals surface area contributed by atoms with Crippen molar-refractivity contribution < 1.29 is 12.8 Å². The summed E-state index contributed by atoms with van der Waals surface area (Å²) in [6, 6.07) is 1.93. The first-order valence-corrected chi connectivity index (χ1v) is 7.75. The van der Waals surface area contributed by atoms with Crippen LogP contribution in [0.1, 0.15) is 26.3 Å². The largest absolute Gasteiger partial charge is 0.326 e. The number of halogens is 2. The molecule has 3 N–H and O–H groups in total. The maximum atomic E-state index is 13.6. The molecule has 1 atom stereocenters. The van der Waals surface area contributed by atoms with Gasteiger partial charge in [0.2, 0.25) is 10.0 Å². The zero-order valence-electron chi connectivity index (χ0n) is 11.1. The Kier molecular flexibility index (Phi) is 5.32. The molecule has 0 amide bonds. The minimum absolute atomic E-state index is 0.0289. The van der Waals surface area contributed by atoms with Crippen molar-refractivity contribution >= 4 is 21.6 Å². The average Bonchev–Trinajstić information content (AvgIpc) is 2.31. The predicted molar refractivity (Wildman–Crippen MR) is 73.9 cm³/mol. The van der Waals surface area contributed by atoms with Gasteiger partial charge in [-0.25, -0.2) is 17.5 Å². The molecule has 0 saturated heterocycles. The number of rotatable bonds is 5. The van der Waals surface area contributed by atoms with Crippen LogP contribution in [0.25, 0.3) is 0 Å². The van der Waals surface area contributed by atoms with Crippen LogP contribution in [0.2, 0.25) is 5.02 Å². The smallest absolute Gasteiger partial charge is 0.240 e. The van der Waals surface area contributed by atoms with Crippen LogP contribution in [0, 0.1) is 11.7 Å². The van der Waals surface area contributed by atoms with E-state index in [1.54, 1.807) is 6.92 Å². The van der Waals surface area contributed by atoms with Gasteiger partial charge < -0.3 is 5.73 Å². The monoisotopic (exact) mass is 308 g/mol. The summed E-state index contributed by atoms with van der Waals surface area (Å²) in [4.78, 5) is -0.164. The highest BCUT2D eigenvalue weighted by molar-refractivity contribution is 7.89. The van der Waals surface area contributed by atoms with Gasteiger partial charge in [-0.15, -0.1) is 0 Å². The van der Waals surface area contributed by atoms with Crippen LogP contribution < -0.4 is 10.5 Å². The van der Waals surface area contributed by atoms with Crippen LogP contribution in [-0.4, -0.2) is 14.5 Å². The van der Waals surface area contributed by atoms with Crippen molar-refractivity contribution in [2.75, 3.05) is 0 Å². The standard InChI is InChI=1S/C12H18ClFN2O2S/c1-7(2)8(3)16-19(17,18)10-4-9(6-15)12(13)11(14)5-10/h4-5,7-8,16H,6,15H2,1-3H3. The Morgan fingerprint density at radius 1 is 1.37 bits per heavy atom. The van der Waals surface area contributed by atoms with Crippen molar-refractivity contribution in [2.45, 2.75) is 38.3 Å². The molecular weight excluding hydrogens is 291 g/mol. The molecule has 1 unspecified atom stereocenters. The first-order chi connectivity index (χ1) is 8.69. The second-order valence-corrected chi connectivity index (χ2v) is 6.83. The van der Waals surface area contributed by atoms with Crippen molar-refractivity contribution in [2.24, 2.45) is 11.7 Å². The molecule has 0 saturated carbocycles. The summed E-state index contributed by atoms with van der Waals surface area (Å²) >= 11 is 5.70. The van der Waals surface area contributed by atoms with Crippen molar-refractivity contribution in [1.82, 2.24) is 4.72 Å². The van der Waals surface area contributed by atoms with Crippen LogP contribution in [0.15, 0.2) is 17.0 Å². The van der Waals surface area contributed by atoms with Crippen molar-refractivity contribution in [3.8, 4) is 0 Å². The number of benzene rings is 1. The lowest BCUT2D eigenvalue weighted by Gasteiger charge is -2.18. The van der Waals surface area contributed by atoms with Crippen LogP contribution in [0.5, 0.6) is 0 Å². The van der Waals surface area contributed by atoms with Gasteiger partial charge in [0, 0.05) is 12.6 Å². The van der Waals surface area contributed by atoms with Crippen molar-refractivity contribution in [3.63, 3.8) is 0 Å². The van der Waals surface area contributed by atoms with Gasteiger partial charge in [0.05, 0.1) is 9.92 Å². The van der Waals surface area contributed by atoms with Gasteiger partial charge in [0.1, 0.15) is 5.82 Å². The molecule has 0 aliphatic rings. The molecule has 0 heterocycles. The average molecular weight is 309 g/mol. The van der Waals surface area contributed by atoms with Gasteiger partial charge in [0.25, 0.3) is 0 Å². The van der Waals surface area contributed by atoms with E-state index >= 15 is 0 Å². The molecule has 0 aromatic heterocycles. The van der Waals surface area contributed by atoms with Crippen molar-refractivity contribution in [3.05, 3.63) is 28.5 Å². The van der Waals surface area contributed by atoms with Crippen LogP contribution in [0.3, 0.4) is 0 Å². The summed E-state index contributed by atoms with van der Waals surface area (Å²) in [5.74, 6) is -0.664. The maximum absolute atomic E-state index is 13.6. The third kappa shape index (κ3) is 3.89. The molecule has 19 heavy (non-hydrogen) atoms. The molecule has 0 fully saturated rings. The van der Waals surface area contributed by atoms with E-state index in [4.69, 9.17) is 17.3 Å². The van der Waals surface area contributed by atoms with Crippen LogP contribution in [0.4, 0.5) is 4.39 Å². The minimum atomic E-state index is -3.78. The second kappa shape index (κ2) is 6.17. The molecule has 0 aliphatic carbocycles. The van der Waals surface area contributed by atoms with Gasteiger partial charge >= 0.3 is 0 Å². The third-order valence-electron chi connectivity index (χ3n) is 2.95. The van der Waals surface area contributed by atoms with Gasteiger partial charge in [-0.1, -0.05) is 25.4 Å². The summed E-state index contributed by atoms with van der Waals surface area (Å²) in [6.45, 7) is 5.50. The Balaban J connectivity index is 3.19. The van der Waals surface area contributed by atoms with Gasteiger partial charge in [-0.05, 0) is 30.5 Å². The van der Waals surface area contributed by atoms with E-state index in [0.29, 0.717) is 0 Å². The Morgan fingerprint density at radius 3 is 2.42 bits per heavy atom. The molecule has 0 spiro atoms. The summed E-state index contributed by atoms with van der Waals surface area (Å²) < 4.78 is 40.3. The fourth-order valence-electron chi connectivity index (χ4n) is 1.37. The zero-order chi connectivity index (χ0) is 14.8. The van der Waals surface area contributed by atoms with E-state index in [-0.39, 0.29) is 34.0 Å². The number of nitrogens with two attached hydrogens (primary N) is 1. The lowest BCUT2D eigenvalue weighted by atomic mass is 10.1. The molecule has 0 radical (unpaired) electrons. The molecule has 1 rings (SSSR count). The molecule has 1 aromatic carbocycles. The fourth-order valence-corrected chi connectivity index (χ4v) is 3.01. The van der Waals surface area contributed by atoms with E-state index in [1.165, 1.54) is 6.07 Å². The lowest BCUT2D eigenvalue weighted by molar-refractivity contribution is 0.476. The summed E-state index contributed by atoms with van der Waals surface area (Å²) in [6.07, 6.45) is 0. The number of sulfonamides is 1. The predicted octanol–water partition coefficient (Wildman–Crippen LogP) is 2.26. The van der Waals surface area contributed by atoms with E-state index in [1.807, 2.05) is 13.8 Å². The van der Waals surface area contributed by atoms with Crippen LogP contribution >= 0.6 is 11.6 Å². The van der Waals surface area contributed by atoms with E-state index in [0.717, 1.165) is 6.07 Å². The summed E-state index contributed by atoms with van der Waals surface area (Å²) in [7, 11) is -3.78. The first kappa shape index (κ1) is 16.4. The maximum Gasteiger partial charge on any atom is 0.240 e. The van der Waals surface area contributed by atoms with Gasteiger partial charge in [-0.3, -0.25) is 0 Å². The zero-order valence-corrected chi connectivity index (χ0v) is 12.6. The first-order valence-electron chi connectivity index (χ1n) is 5.89. The third-order valence-corrected chi connectivity index (χ3v) is 4.91. The highest BCUT2D eigenvalue weighted by Crippen LogP contribution is 2.24. The van der Waals surface area contributed by atoms with E-state index < -0.39 is 15.8 Å². The van der Waals surface area contributed by atoms with Crippen LogP contribution in [-0.2, 0) is 16.6 Å². The molecule has 0 bridgehead atoms.